The fraction of sp³-hybridized carbons (Fsp3) is 0.609. The Morgan fingerprint density at radius 2 is 1.94 bits per heavy atom. The van der Waals surface area contributed by atoms with Crippen LogP contribution in [0.25, 0.3) is 0 Å². The van der Waals surface area contributed by atoms with Gasteiger partial charge in [0.25, 0.3) is 0 Å². The highest BCUT2D eigenvalue weighted by Crippen LogP contribution is 2.28. The van der Waals surface area contributed by atoms with Crippen molar-refractivity contribution in [3.63, 3.8) is 0 Å². The van der Waals surface area contributed by atoms with Crippen molar-refractivity contribution in [2.75, 3.05) is 51.3 Å². The van der Waals surface area contributed by atoms with Crippen LogP contribution < -0.4 is 20.6 Å². The second-order valence-corrected chi connectivity index (χ2v) is 8.27. The van der Waals surface area contributed by atoms with E-state index in [9.17, 15) is 4.79 Å². The molecule has 0 bridgehead atoms. The molecule has 2 aliphatic rings. The summed E-state index contributed by atoms with van der Waals surface area (Å²) in [5, 5.41) is 7.94. The minimum atomic E-state index is 0. The van der Waals surface area contributed by atoms with Crippen LogP contribution in [0.5, 0.6) is 5.75 Å². The van der Waals surface area contributed by atoms with E-state index in [-0.39, 0.29) is 29.7 Å². The number of guanidine groups is 1. The number of aryl methyl sites for hydroxylation is 2. The number of para-hydroxylation sites is 2. The van der Waals surface area contributed by atoms with Crippen molar-refractivity contribution < 1.29 is 4.74 Å². The minimum Gasteiger partial charge on any atom is -0.495 e. The maximum absolute atomic E-state index is 12.5. The first kappa shape index (κ1) is 25.4. The average Bonchev–Trinajstić information content (AvgIpc) is 3.16. The molecule has 0 saturated carbocycles. The Morgan fingerprint density at radius 3 is 2.67 bits per heavy atom. The normalized spacial score (nSPS) is 16.2. The molecule has 33 heavy (non-hydrogen) atoms. The second kappa shape index (κ2) is 12.3. The summed E-state index contributed by atoms with van der Waals surface area (Å²) in [7, 11) is 1.72. The average molecular weight is 569 g/mol. The van der Waals surface area contributed by atoms with Gasteiger partial charge >= 0.3 is 5.69 Å². The lowest BCUT2D eigenvalue weighted by Crippen LogP contribution is -2.52. The van der Waals surface area contributed by atoms with Crippen LogP contribution in [-0.2, 0) is 19.5 Å². The molecule has 10 heteroatoms. The lowest BCUT2D eigenvalue weighted by Gasteiger charge is -2.38. The van der Waals surface area contributed by atoms with E-state index in [1.165, 1.54) is 0 Å². The molecule has 0 radical (unpaired) electrons. The lowest BCUT2D eigenvalue weighted by atomic mass is 10.2. The number of aliphatic imine (C=N–C) groups is 1. The fourth-order valence-electron chi connectivity index (χ4n) is 4.48. The van der Waals surface area contributed by atoms with E-state index < -0.39 is 0 Å². The third kappa shape index (κ3) is 6.01. The molecule has 2 aromatic rings. The van der Waals surface area contributed by atoms with Crippen molar-refractivity contribution in [2.45, 2.75) is 45.7 Å². The minimum absolute atomic E-state index is 0. The summed E-state index contributed by atoms with van der Waals surface area (Å²) in [4.78, 5) is 22.0. The van der Waals surface area contributed by atoms with Crippen molar-refractivity contribution in [3.05, 3.63) is 40.6 Å². The number of nitrogens with zero attached hydrogens (tertiary/aromatic N) is 6. The van der Waals surface area contributed by atoms with Crippen LogP contribution in [0.3, 0.4) is 0 Å². The summed E-state index contributed by atoms with van der Waals surface area (Å²) >= 11 is 0. The van der Waals surface area contributed by atoms with E-state index in [0.29, 0.717) is 13.1 Å². The zero-order valence-corrected chi connectivity index (χ0v) is 22.0. The number of fused-ring (bicyclic) bond motifs is 1. The van der Waals surface area contributed by atoms with Gasteiger partial charge in [-0.05, 0) is 38.3 Å². The largest absolute Gasteiger partial charge is 0.495 e. The molecule has 1 N–H and O–H groups in total. The Labute approximate surface area is 212 Å². The summed E-state index contributed by atoms with van der Waals surface area (Å²) in [5.41, 5.74) is 1.17. The monoisotopic (exact) mass is 569 g/mol. The molecule has 0 atom stereocenters. The fourth-order valence-corrected chi connectivity index (χ4v) is 4.48. The maximum Gasteiger partial charge on any atom is 0.345 e. The van der Waals surface area contributed by atoms with Crippen molar-refractivity contribution >= 4 is 35.6 Å². The molecule has 182 valence electrons. The number of aromatic nitrogens is 3. The first-order valence-corrected chi connectivity index (χ1v) is 11.8. The Morgan fingerprint density at radius 1 is 1.15 bits per heavy atom. The highest BCUT2D eigenvalue weighted by molar-refractivity contribution is 14.0. The first-order chi connectivity index (χ1) is 15.7. The molecule has 1 aromatic carbocycles. The molecule has 1 saturated heterocycles. The van der Waals surface area contributed by atoms with Gasteiger partial charge in [0.1, 0.15) is 11.6 Å². The number of hydrogen-bond donors (Lipinski definition) is 1. The van der Waals surface area contributed by atoms with Crippen LogP contribution in [0, 0.1) is 0 Å². The number of nitrogens with one attached hydrogen (secondary N) is 1. The predicted molar refractivity (Wildman–Crippen MR) is 142 cm³/mol. The number of anilines is 1. The smallest absolute Gasteiger partial charge is 0.345 e. The second-order valence-electron chi connectivity index (χ2n) is 8.27. The predicted octanol–water partition coefficient (Wildman–Crippen LogP) is 2.19. The standard InChI is InChI=1S/C23H35N7O2.HI/c1-3-24-22(25-12-8-14-30-23(31)29-13-7-6-11-21(29)26-30)28-17-15-27(16-18-28)19-9-4-5-10-20(19)32-2;/h4-5,9-10H,3,6-8,11-18H2,1-2H3,(H,24,25);1H. The number of piperazine rings is 1. The van der Waals surface area contributed by atoms with Crippen LogP contribution >= 0.6 is 24.0 Å². The molecule has 1 aromatic heterocycles. The Balaban J connectivity index is 0.00000306. The van der Waals surface area contributed by atoms with E-state index in [0.717, 1.165) is 88.2 Å². The molecule has 0 unspecified atom stereocenters. The number of ether oxygens (including phenoxy) is 1. The molecule has 9 nitrogen and oxygen atoms in total. The van der Waals surface area contributed by atoms with Crippen LogP contribution in [-0.4, -0.2) is 71.6 Å². The van der Waals surface area contributed by atoms with E-state index in [1.807, 2.05) is 16.7 Å². The molecule has 0 amide bonds. The molecule has 1 fully saturated rings. The van der Waals surface area contributed by atoms with Crippen LogP contribution in [0.1, 0.15) is 32.0 Å². The quantitative estimate of drug-likeness (QED) is 0.239. The van der Waals surface area contributed by atoms with Crippen LogP contribution in [0.4, 0.5) is 5.69 Å². The van der Waals surface area contributed by atoms with E-state index in [2.05, 4.69) is 39.3 Å². The van der Waals surface area contributed by atoms with Gasteiger partial charge < -0.3 is 19.9 Å². The molecule has 0 aliphatic carbocycles. The zero-order valence-electron chi connectivity index (χ0n) is 19.7. The van der Waals surface area contributed by atoms with Crippen molar-refractivity contribution in [1.29, 1.82) is 0 Å². The molecule has 3 heterocycles. The maximum atomic E-state index is 12.5. The molecule has 4 rings (SSSR count). The van der Waals surface area contributed by atoms with Gasteiger partial charge in [0.05, 0.1) is 12.8 Å². The number of methoxy groups -OCH3 is 1. The topological polar surface area (TPSA) is 79.9 Å². The first-order valence-electron chi connectivity index (χ1n) is 11.8. The Hall–Kier alpha value is -2.24. The van der Waals surface area contributed by atoms with Gasteiger partial charge in [-0.15, -0.1) is 24.0 Å². The van der Waals surface area contributed by atoms with Crippen LogP contribution in [0.15, 0.2) is 34.1 Å². The van der Waals surface area contributed by atoms with Crippen molar-refractivity contribution in [3.8, 4) is 5.75 Å². The van der Waals surface area contributed by atoms with Crippen LogP contribution in [0.2, 0.25) is 0 Å². The van der Waals surface area contributed by atoms with E-state index in [4.69, 9.17) is 9.73 Å². The van der Waals surface area contributed by atoms with Crippen molar-refractivity contribution in [1.82, 2.24) is 24.6 Å². The van der Waals surface area contributed by atoms with E-state index >= 15 is 0 Å². The van der Waals surface area contributed by atoms with Gasteiger partial charge in [-0.3, -0.25) is 9.56 Å². The summed E-state index contributed by atoms with van der Waals surface area (Å²) < 4.78 is 8.98. The molecule has 0 spiro atoms. The SMILES string of the molecule is CCNC(=NCCCn1nc2n(c1=O)CCCC2)N1CCN(c2ccccc2OC)CC1.I. The number of halogens is 1. The lowest BCUT2D eigenvalue weighted by molar-refractivity contribution is 0.367. The van der Waals surface area contributed by atoms with Gasteiger partial charge in [0, 0.05) is 58.8 Å². The summed E-state index contributed by atoms with van der Waals surface area (Å²) in [6.45, 7) is 8.65. The van der Waals surface area contributed by atoms with Gasteiger partial charge in [-0.1, -0.05) is 12.1 Å². The third-order valence-corrected chi connectivity index (χ3v) is 6.16. The molecule has 2 aliphatic heterocycles. The summed E-state index contributed by atoms with van der Waals surface area (Å²) in [5.74, 6) is 2.80. The summed E-state index contributed by atoms with van der Waals surface area (Å²) in [6, 6.07) is 8.18. The van der Waals surface area contributed by atoms with E-state index in [1.54, 1.807) is 11.8 Å². The number of rotatable bonds is 7. The molecular formula is C23H36IN7O2. The molecular weight excluding hydrogens is 533 g/mol. The highest BCUT2D eigenvalue weighted by Gasteiger charge is 2.21. The van der Waals surface area contributed by atoms with Gasteiger partial charge in [-0.25, -0.2) is 9.48 Å². The van der Waals surface area contributed by atoms with Gasteiger partial charge in [-0.2, -0.15) is 5.10 Å². The van der Waals surface area contributed by atoms with Gasteiger partial charge in [0.2, 0.25) is 0 Å². The summed E-state index contributed by atoms with van der Waals surface area (Å²) in [6.07, 6.45) is 3.90. The van der Waals surface area contributed by atoms with Gasteiger partial charge in [0.15, 0.2) is 5.96 Å². The Kier molecular flexibility index (Phi) is 9.45. The highest BCUT2D eigenvalue weighted by atomic mass is 127. The third-order valence-electron chi connectivity index (χ3n) is 6.16. The Bertz CT molecular complexity index is 979. The number of hydrogen-bond acceptors (Lipinski definition) is 5. The zero-order chi connectivity index (χ0) is 22.3. The number of benzene rings is 1. The van der Waals surface area contributed by atoms with Crippen molar-refractivity contribution in [2.24, 2.45) is 4.99 Å².